The van der Waals surface area contributed by atoms with Gasteiger partial charge in [-0.25, -0.2) is 4.98 Å². The Morgan fingerprint density at radius 1 is 0.679 bits per heavy atom. The van der Waals surface area contributed by atoms with Crippen LogP contribution >= 0.6 is 0 Å². The molecule has 6 rings (SSSR count). The molecule has 0 amide bonds. The minimum atomic E-state index is 1.03. The zero-order chi connectivity index (χ0) is 18.8. The molecule has 134 valence electrons. The number of hydrogen-bond donors (Lipinski definition) is 0. The summed E-state index contributed by atoms with van der Waals surface area (Å²) in [5.41, 5.74) is 7.05. The van der Waals surface area contributed by atoms with E-state index in [1.807, 2.05) is 0 Å². The second-order valence-corrected chi connectivity index (χ2v) is 7.45. The van der Waals surface area contributed by atoms with Crippen molar-refractivity contribution in [3.63, 3.8) is 0 Å². The highest BCUT2D eigenvalue weighted by Gasteiger charge is 2.20. The molecule has 0 aliphatic rings. The monoisotopic (exact) mass is 361 g/mol. The number of benzene rings is 3. The van der Waals surface area contributed by atoms with Crippen LogP contribution in [-0.4, -0.2) is 14.1 Å². The van der Waals surface area contributed by atoms with Crippen molar-refractivity contribution in [3.8, 4) is 11.1 Å². The van der Waals surface area contributed by atoms with E-state index in [1.165, 1.54) is 43.7 Å². The molecular formula is C25H19N3. The van der Waals surface area contributed by atoms with Gasteiger partial charge < -0.3 is 9.13 Å². The Hall–Kier alpha value is -3.59. The third-order valence-corrected chi connectivity index (χ3v) is 5.89. The maximum atomic E-state index is 5.04. The number of nitrogens with zero attached hydrogens (tertiary/aromatic N) is 3. The van der Waals surface area contributed by atoms with E-state index in [1.54, 1.807) is 0 Å². The summed E-state index contributed by atoms with van der Waals surface area (Å²) < 4.78 is 4.43. The molecule has 3 aromatic heterocycles. The molecule has 0 N–H and O–H groups in total. The lowest BCUT2D eigenvalue weighted by molar-refractivity contribution is 0.970. The van der Waals surface area contributed by atoms with Crippen molar-refractivity contribution in [3.05, 3.63) is 79.0 Å². The standard InChI is InChI=1S/C25H19N3/c1-27-15-19(16-9-4-7-13-21(16)27)23-17-10-3-6-12-20(17)26-25-24(23)18-11-5-8-14-22(18)28(25)2/h3-15H,1-2H3. The number of rotatable bonds is 1. The lowest BCUT2D eigenvalue weighted by Gasteiger charge is -2.09. The van der Waals surface area contributed by atoms with Crippen molar-refractivity contribution in [1.29, 1.82) is 0 Å². The van der Waals surface area contributed by atoms with E-state index in [9.17, 15) is 0 Å². The van der Waals surface area contributed by atoms with E-state index in [0.29, 0.717) is 0 Å². The quantitative estimate of drug-likeness (QED) is 0.350. The topological polar surface area (TPSA) is 22.8 Å². The largest absolute Gasteiger partial charge is 0.350 e. The van der Waals surface area contributed by atoms with Crippen LogP contribution in [0.4, 0.5) is 0 Å². The van der Waals surface area contributed by atoms with Crippen LogP contribution in [0.25, 0.3) is 54.9 Å². The van der Waals surface area contributed by atoms with Crippen LogP contribution in [-0.2, 0) is 14.1 Å². The Labute approximate surface area is 162 Å². The molecule has 3 heterocycles. The highest BCUT2D eigenvalue weighted by molar-refractivity contribution is 6.22. The molecule has 0 spiro atoms. The van der Waals surface area contributed by atoms with Crippen LogP contribution in [0.5, 0.6) is 0 Å². The van der Waals surface area contributed by atoms with Crippen molar-refractivity contribution >= 4 is 43.7 Å². The number of aryl methyl sites for hydroxylation is 2. The molecule has 6 aromatic rings. The van der Waals surface area contributed by atoms with Gasteiger partial charge in [-0.1, -0.05) is 54.6 Å². The Morgan fingerprint density at radius 2 is 1.32 bits per heavy atom. The summed E-state index contributed by atoms with van der Waals surface area (Å²) in [4.78, 5) is 5.04. The first kappa shape index (κ1) is 15.5. The Morgan fingerprint density at radius 3 is 2.14 bits per heavy atom. The molecule has 0 aliphatic heterocycles. The van der Waals surface area contributed by atoms with Crippen LogP contribution in [0.15, 0.2) is 79.0 Å². The van der Waals surface area contributed by atoms with E-state index in [0.717, 1.165) is 11.2 Å². The molecule has 3 aromatic carbocycles. The molecule has 0 saturated heterocycles. The van der Waals surface area contributed by atoms with Gasteiger partial charge in [-0.15, -0.1) is 0 Å². The second-order valence-electron chi connectivity index (χ2n) is 7.45. The predicted octanol–water partition coefficient (Wildman–Crippen LogP) is 6.04. The summed E-state index contributed by atoms with van der Waals surface area (Å²) in [7, 11) is 4.23. The molecule has 0 fully saturated rings. The van der Waals surface area contributed by atoms with Gasteiger partial charge in [0.05, 0.1) is 11.0 Å². The summed E-state index contributed by atoms with van der Waals surface area (Å²) in [5.74, 6) is 0. The number of pyridine rings is 1. The molecule has 3 nitrogen and oxygen atoms in total. The van der Waals surface area contributed by atoms with Gasteiger partial charge in [0, 0.05) is 58.5 Å². The van der Waals surface area contributed by atoms with Crippen molar-refractivity contribution < 1.29 is 0 Å². The number of para-hydroxylation sites is 3. The number of hydrogen-bond acceptors (Lipinski definition) is 1. The van der Waals surface area contributed by atoms with Crippen LogP contribution in [0.3, 0.4) is 0 Å². The molecule has 3 heteroatoms. The zero-order valence-corrected chi connectivity index (χ0v) is 15.8. The van der Waals surface area contributed by atoms with Crippen molar-refractivity contribution in [1.82, 2.24) is 14.1 Å². The molecule has 0 unspecified atom stereocenters. The molecule has 0 radical (unpaired) electrons. The Bertz CT molecular complexity index is 1530. The second kappa shape index (κ2) is 5.46. The zero-order valence-electron chi connectivity index (χ0n) is 15.8. The highest BCUT2D eigenvalue weighted by Crippen LogP contribution is 2.42. The molecule has 0 aliphatic carbocycles. The van der Waals surface area contributed by atoms with Crippen LogP contribution in [0, 0.1) is 0 Å². The average Bonchev–Trinajstić information content (AvgIpc) is 3.22. The summed E-state index contributed by atoms with van der Waals surface area (Å²) in [6.07, 6.45) is 2.26. The maximum Gasteiger partial charge on any atom is 0.142 e. The predicted molar refractivity (Wildman–Crippen MR) is 118 cm³/mol. The smallest absolute Gasteiger partial charge is 0.142 e. The molecule has 0 bridgehead atoms. The van der Waals surface area contributed by atoms with Crippen molar-refractivity contribution in [2.24, 2.45) is 14.1 Å². The molecule has 0 saturated carbocycles. The third kappa shape index (κ3) is 1.91. The van der Waals surface area contributed by atoms with Gasteiger partial charge in [0.25, 0.3) is 0 Å². The number of fused-ring (bicyclic) bond motifs is 5. The van der Waals surface area contributed by atoms with Gasteiger partial charge in [0.1, 0.15) is 5.65 Å². The minimum absolute atomic E-state index is 1.03. The van der Waals surface area contributed by atoms with Crippen LogP contribution < -0.4 is 0 Å². The Kier molecular flexibility index (Phi) is 3.01. The average molecular weight is 361 g/mol. The van der Waals surface area contributed by atoms with E-state index in [2.05, 4.69) is 102 Å². The van der Waals surface area contributed by atoms with Gasteiger partial charge in [-0.3, -0.25) is 0 Å². The summed E-state index contributed by atoms with van der Waals surface area (Å²) >= 11 is 0. The fourth-order valence-corrected chi connectivity index (χ4v) is 4.61. The lowest BCUT2D eigenvalue weighted by atomic mass is 9.96. The van der Waals surface area contributed by atoms with Crippen LogP contribution in [0.2, 0.25) is 0 Å². The fourth-order valence-electron chi connectivity index (χ4n) is 4.61. The summed E-state index contributed by atoms with van der Waals surface area (Å²) in [6.45, 7) is 0. The van der Waals surface area contributed by atoms with Gasteiger partial charge >= 0.3 is 0 Å². The summed E-state index contributed by atoms with van der Waals surface area (Å²) in [6, 6.07) is 25.7. The fraction of sp³-hybridized carbons (Fsp3) is 0.0800. The first-order chi connectivity index (χ1) is 13.7. The van der Waals surface area contributed by atoms with Crippen molar-refractivity contribution in [2.75, 3.05) is 0 Å². The van der Waals surface area contributed by atoms with E-state index < -0.39 is 0 Å². The van der Waals surface area contributed by atoms with Gasteiger partial charge in [-0.05, 0) is 18.2 Å². The molecular weight excluding hydrogens is 342 g/mol. The Balaban J connectivity index is 1.93. The first-order valence-corrected chi connectivity index (χ1v) is 9.54. The maximum absolute atomic E-state index is 5.04. The highest BCUT2D eigenvalue weighted by atomic mass is 15.0. The molecule has 0 atom stereocenters. The first-order valence-electron chi connectivity index (χ1n) is 9.54. The SMILES string of the molecule is Cn1cc(-c2c3ccccc3nc3c2c2ccccc2n3C)c2ccccc21. The normalized spacial score (nSPS) is 11.9. The third-order valence-electron chi connectivity index (χ3n) is 5.89. The van der Waals surface area contributed by atoms with Crippen molar-refractivity contribution in [2.45, 2.75) is 0 Å². The number of aromatic nitrogens is 3. The van der Waals surface area contributed by atoms with Gasteiger partial charge in [-0.2, -0.15) is 0 Å². The van der Waals surface area contributed by atoms with E-state index in [4.69, 9.17) is 4.98 Å². The van der Waals surface area contributed by atoms with Crippen LogP contribution in [0.1, 0.15) is 0 Å². The summed E-state index contributed by atoms with van der Waals surface area (Å²) in [5, 5.41) is 4.95. The van der Waals surface area contributed by atoms with Gasteiger partial charge in [0.15, 0.2) is 0 Å². The minimum Gasteiger partial charge on any atom is -0.350 e. The van der Waals surface area contributed by atoms with E-state index in [-0.39, 0.29) is 0 Å². The lowest BCUT2D eigenvalue weighted by Crippen LogP contribution is -1.92. The van der Waals surface area contributed by atoms with Gasteiger partial charge in [0.2, 0.25) is 0 Å². The van der Waals surface area contributed by atoms with E-state index >= 15 is 0 Å². The molecule has 28 heavy (non-hydrogen) atoms.